The van der Waals surface area contributed by atoms with Crippen molar-refractivity contribution in [2.75, 3.05) is 25.5 Å². The van der Waals surface area contributed by atoms with Crippen LogP contribution in [0.2, 0.25) is 0 Å². The maximum atomic E-state index is 12.9. The van der Waals surface area contributed by atoms with Gasteiger partial charge in [0.25, 0.3) is 0 Å². The minimum Gasteiger partial charge on any atom is -0.311 e. The van der Waals surface area contributed by atoms with E-state index in [2.05, 4.69) is 42.1 Å². The second-order valence-corrected chi connectivity index (χ2v) is 9.81. The molecule has 3 aromatic heterocycles. The number of amides is 1. The highest BCUT2D eigenvalue weighted by Crippen LogP contribution is 2.26. The van der Waals surface area contributed by atoms with Gasteiger partial charge in [-0.15, -0.1) is 0 Å². The summed E-state index contributed by atoms with van der Waals surface area (Å²) in [5.74, 6) is 1.36. The summed E-state index contributed by atoms with van der Waals surface area (Å²) < 4.78 is 1.91. The monoisotopic (exact) mass is 468 g/mol. The molecule has 1 unspecified atom stereocenters. The van der Waals surface area contributed by atoms with Crippen molar-refractivity contribution >= 4 is 17.1 Å². The van der Waals surface area contributed by atoms with Crippen molar-refractivity contribution in [1.29, 1.82) is 0 Å². The molecule has 0 bridgehead atoms. The van der Waals surface area contributed by atoms with Gasteiger partial charge in [-0.25, -0.2) is 14.5 Å². The van der Waals surface area contributed by atoms with E-state index in [-0.39, 0.29) is 11.9 Å². The van der Waals surface area contributed by atoms with E-state index in [1.165, 1.54) is 5.56 Å². The van der Waals surface area contributed by atoms with Crippen LogP contribution in [0.1, 0.15) is 49.6 Å². The van der Waals surface area contributed by atoms with E-state index in [0.717, 1.165) is 53.2 Å². The molecule has 0 radical (unpaired) electrons. The Morgan fingerprint density at radius 3 is 2.66 bits per heavy atom. The van der Waals surface area contributed by atoms with Crippen LogP contribution in [0.3, 0.4) is 0 Å². The van der Waals surface area contributed by atoms with Crippen LogP contribution in [0.15, 0.2) is 61.1 Å². The molecule has 7 heteroatoms. The van der Waals surface area contributed by atoms with Crippen LogP contribution in [0.25, 0.3) is 16.8 Å². The van der Waals surface area contributed by atoms with E-state index < -0.39 is 0 Å². The first kappa shape index (κ1) is 23.2. The number of hydrogen-bond donors (Lipinski definition) is 0. The molecule has 1 aliphatic heterocycles. The number of piperidine rings is 1. The third-order valence-corrected chi connectivity index (χ3v) is 6.82. The zero-order valence-corrected chi connectivity index (χ0v) is 20.8. The fourth-order valence-corrected chi connectivity index (χ4v) is 4.82. The third kappa shape index (κ3) is 4.68. The van der Waals surface area contributed by atoms with Crippen molar-refractivity contribution in [3.8, 4) is 11.3 Å². The minimum atomic E-state index is -0.0436. The Kier molecular flexibility index (Phi) is 6.34. The van der Waals surface area contributed by atoms with E-state index in [1.54, 1.807) is 0 Å². The quantitative estimate of drug-likeness (QED) is 0.415. The molecule has 0 N–H and O–H groups in total. The Balaban J connectivity index is 1.34. The SMILES string of the molecule is CC(C)c1cnn2ccc(-c3ccnc(Cc4ccc(N5CCCC(N(C)C)C5=O)cc4)n3)cc12. The Morgan fingerprint density at radius 2 is 1.91 bits per heavy atom. The molecule has 1 atom stereocenters. The number of fused-ring (bicyclic) bond motifs is 1. The Hall–Kier alpha value is -3.58. The van der Waals surface area contributed by atoms with Crippen LogP contribution in [-0.4, -0.2) is 57.1 Å². The molecule has 4 heterocycles. The first-order valence-corrected chi connectivity index (χ1v) is 12.3. The normalized spacial score (nSPS) is 16.6. The number of nitrogens with zero attached hydrogens (tertiary/aromatic N) is 6. The van der Waals surface area contributed by atoms with Crippen molar-refractivity contribution in [1.82, 2.24) is 24.5 Å². The van der Waals surface area contributed by atoms with Crippen molar-refractivity contribution in [3.05, 3.63) is 78.0 Å². The zero-order chi connectivity index (χ0) is 24.5. The summed E-state index contributed by atoms with van der Waals surface area (Å²) in [5.41, 5.74) is 6.36. The number of pyridine rings is 1. The topological polar surface area (TPSA) is 66.6 Å². The van der Waals surface area contributed by atoms with Gasteiger partial charge in [-0.3, -0.25) is 9.69 Å². The van der Waals surface area contributed by atoms with Crippen LogP contribution in [0, 0.1) is 0 Å². The highest BCUT2D eigenvalue weighted by atomic mass is 16.2. The number of rotatable bonds is 6. The summed E-state index contributed by atoms with van der Waals surface area (Å²) in [7, 11) is 3.94. The first-order chi connectivity index (χ1) is 16.9. The molecular formula is C28H32N6O. The summed E-state index contributed by atoms with van der Waals surface area (Å²) in [4.78, 5) is 26.2. The van der Waals surface area contributed by atoms with E-state index in [9.17, 15) is 4.79 Å². The number of carbonyl (C=O) groups excluding carboxylic acids is 1. The van der Waals surface area contributed by atoms with Gasteiger partial charge >= 0.3 is 0 Å². The summed E-state index contributed by atoms with van der Waals surface area (Å²) in [6.45, 7) is 5.13. The average Bonchev–Trinajstić information content (AvgIpc) is 3.28. The molecule has 0 saturated carbocycles. The lowest BCUT2D eigenvalue weighted by Gasteiger charge is -2.35. The van der Waals surface area contributed by atoms with Gasteiger partial charge in [0, 0.05) is 42.2 Å². The van der Waals surface area contributed by atoms with Gasteiger partial charge in [-0.05, 0) is 68.8 Å². The molecule has 0 spiro atoms. The van der Waals surface area contributed by atoms with Crippen molar-refractivity contribution < 1.29 is 4.79 Å². The van der Waals surface area contributed by atoms with Gasteiger partial charge in [0.2, 0.25) is 5.91 Å². The minimum absolute atomic E-state index is 0.0436. The number of aromatic nitrogens is 4. The fraction of sp³-hybridized carbons (Fsp3) is 0.357. The molecular weight excluding hydrogens is 436 g/mol. The largest absolute Gasteiger partial charge is 0.311 e. The molecule has 1 saturated heterocycles. The second-order valence-electron chi connectivity index (χ2n) is 9.81. The molecule has 0 aliphatic carbocycles. The molecule has 5 rings (SSSR count). The lowest BCUT2D eigenvalue weighted by Crippen LogP contribution is -2.50. The van der Waals surface area contributed by atoms with E-state index in [0.29, 0.717) is 12.3 Å². The van der Waals surface area contributed by atoms with Crippen molar-refractivity contribution in [3.63, 3.8) is 0 Å². The molecule has 180 valence electrons. The third-order valence-electron chi connectivity index (χ3n) is 6.82. The van der Waals surface area contributed by atoms with E-state index in [4.69, 9.17) is 4.98 Å². The van der Waals surface area contributed by atoms with Gasteiger partial charge in [0.05, 0.1) is 23.4 Å². The molecule has 1 aromatic carbocycles. The van der Waals surface area contributed by atoms with Crippen LogP contribution < -0.4 is 4.90 Å². The Bertz CT molecular complexity index is 1340. The van der Waals surface area contributed by atoms with Crippen LogP contribution in [0.4, 0.5) is 5.69 Å². The fourth-order valence-electron chi connectivity index (χ4n) is 4.82. The second kappa shape index (κ2) is 9.58. The number of benzene rings is 1. The predicted molar refractivity (Wildman–Crippen MR) is 139 cm³/mol. The van der Waals surface area contributed by atoms with E-state index in [1.807, 2.05) is 71.3 Å². The Morgan fingerprint density at radius 1 is 1.11 bits per heavy atom. The molecule has 4 aromatic rings. The average molecular weight is 469 g/mol. The predicted octanol–water partition coefficient (Wildman–Crippen LogP) is 4.56. The molecule has 1 amide bonds. The summed E-state index contributed by atoms with van der Waals surface area (Å²) in [6.07, 6.45) is 8.32. The van der Waals surface area contributed by atoms with Crippen LogP contribution in [-0.2, 0) is 11.2 Å². The summed E-state index contributed by atoms with van der Waals surface area (Å²) in [6, 6.07) is 14.3. The molecule has 35 heavy (non-hydrogen) atoms. The van der Waals surface area contributed by atoms with Crippen molar-refractivity contribution in [2.24, 2.45) is 0 Å². The van der Waals surface area contributed by atoms with Gasteiger partial charge in [-0.1, -0.05) is 26.0 Å². The lowest BCUT2D eigenvalue weighted by atomic mass is 10.0. The lowest BCUT2D eigenvalue weighted by molar-refractivity contribution is -0.124. The summed E-state index contributed by atoms with van der Waals surface area (Å²) >= 11 is 0. The molecule has 1 aliphatic rings. The maximum absolute atomic E-state index is 12.9. The van der Waals surface area contributed by atoms with Crippen molar-refractivity contribution in [2.45, 2.75) is 45.1 Å². The van der Waals surface area contributed by atoms with Gasteiger partial charge < -0.3 is 4.90 Å². The van der Waals surface area contributed by atoms with Gasteiger partial charge in [0.1, 0.15) is 5.82 Å². The first-order valence-electron chi connectivity index (χ1n) is 12.3. The number of hydrogen-bond acceptors (Lipinski definition) is 5. The molecule has 1 fully saturated rings. The maximum Gasteiger partial charge on any atom is 0.244 e. The number of carbonyl (C=O) groups is 1. The Labute approximate surface area is 206 Å². The highest BCUT2D eigenvalue weighted by Gasteiger charge is 2.30. The van der Waals surface area contributed by atoms with Gasteiger partial charge in [0.15, 0.2) is 0 Å². The summed E-state index contributed by atoms with van der Waals surface area (Å²) in [5, 5.41) is 4.46. The number of anilines is 1. The van der Waals surface area contributed by atoms with Gasteiger partial charge in [-0.2, -0.15) is 5.10 Å². The standard InChI is InChI=1S/C28H32N6O/c1-19(2)23-18-30-34-15-12-21(17-26(23)34)24-11-13-29-27(31-24)16-20-7-9-22(10-8-20)33-14-5-6-25(28(33)35)32(3)4/h7-13,15,17-19,25H,5-6,14,16H2,1-4H3. The van der Waals surface area contributed by atoms with Crippen LogP contribution >= 0.6 is 0 Å². The highest BCUT2D eigenvalue weighted by molar-refractivity contribution is 5.97. The van der Waals surface area contributed by atoms with Crippen LogP contribution in [0.5, 0.6) is 0 Å². The zero-order valence-electron chi connectivity index (χ0n) is 20.8. The smallest absolute Gasteiger partial charge is 0.244 e. The molecule has 7 nitrogen and oxygen atoms in total. The van der Waals surface area contributed by atoms with E-state index >= 15 is 0 Å². The number of likely N-dealkylation sites (N-methyl/N-ethyl adjacent to an activating group) is 1.